The topological polar surface area (TPSA) is 87.4 Å². The van der Waals surface area contributed by atoms with E-state index in [-0.39, 0.29) is 0 Å². The number of thiazole rings is 1. The Kier molecular flexibility index (Phi) is 1.82. The smallest absolute Gasteiger partial charge is 0.242 e. The van der Waals surface area contributed by atoms with Crippen molar-refractivity contribution in [1.82, 2.24) is 14.6 Å². The summed E-state index contributed by atoms with van der Waals surface area (Å²) < 4.78 is 35.1. The molecule has 0 saturated carbocycles. The zero-order valence-corrected chi connectivity index (χ0v) is 9.33. The van der Waals surface area contributed by atoms with Gasteiger partial charge in [0, 0.05) is 0 Å². The predicted molar refractivity (Wildman–Crippen MR) is 56.3 cm³/mol. The molecule has 0 amide bonds. The molecule has 2 aromatic heterocycles. The van der Waals surface area contributed by atoms with Crippen molar-refractivity contribution in [3.05, 3.63) is 24.3 Å². The van der Waals surface area contributed by atoms with E-state index in [9.17, 15) is 13.0 Å². The molecule has 0 radical (unpaired) electrons. The van der Waals surface area contributed by atoms with E-state index in [2.05, 4.69) is 10.2 Å². The molecule has 3 aromatic rings. The van der Waals surface area contributed by atoms with Crippen molar-refractivity contribution < 1.29 is 13.0 Å². The highest BCUT2D eigenvalue weighted by Gasteiger charge is 2.16. The molecule has 0 N–H and O–H groups in total. The van der Waals surface area contributed by atoms with Gasteiger partial charge in [0.1, 0.15) is 0 Å². The lowest BCUT2D eigenvalue weighted by atomic mass is 10.3. The Morgan fingerprint density at radius 2 is 2.00 bits per heavy atom. The molecule has 0 unspecified atom stereocenters. The zero-order chi connectivity index (χ0) is 11.3. The second kappa shape index (κ2) is 3.00. The standard InChI is InChI=1S/C8H5N3O3S2/c12-16(13,14)8-10-9-7-11(8)5-3-1-2-4-6(5)15-7/h1-4H,(H,12,13,14)/p-1. The van der Waals surface area contributed by atoms with E-state index in [1.165, 1.54) is 15.7 Å². The van der Waals surface area contributed by atoms with Gasteiger partial charge < -0.3 is 4.55 Å². The van der Waals surface area contributed by atoms with Crippen LogP contribution in [0.3, 0.4) is 0 Å². The van der Waals surface area contributed by atoms with E-state index in [4.69, 9.17) is 0 Å². The van der Waals surface area contributed by atoms with Crippen molar-refractivity contribution in [2.24, 2.45) is 0 Å². The summed E-state index contributed by atoms with van der Waals surface area (Å²) in [6.45, 7) is 0. The minimum atomic E-state index is -4.60. The first-order chi connectivity index (χ1) is 7.57. The van der Waals surface area contributed by atoms with Gasteiger partial charge in [-0.05, 0) is 12.1 Å². The quantitative estimate of drug-likeness (QED) is 0.601. The number of hydrogen-bond acceptors (Lipinski definition) is 6. The van der Waals surface area contributed by atoms with E-state index in [1.54, 1.807) is 12.1 Å². The lowest BCUT2D eigenvalue weighted by molar-refractivity contribution is 0.454. The molecule has 82 valence electrons. The van der Waals surface area contributed by atoms with Crippen molar-refractivity contribution in [1.29, 1.82) is 0 Å². The lowest BCUT2D eigenvalue weighted by Gasteiger charge is -2.02. The molecule has 2 heterocycles. The molecule has 0 aliphatic heterocycles. The fourth-order valence-electron chi connectivity index (χ4n) is 1.52. The summed E-state index contributed by atoms with van der Waals surface area (Å²) in [5.74, 6) is 0. The molecule has 0 aliphatic carbocycles. The summed E-state index contributed by atoms with van der Waals surface area (Å²) in [5, 5.41) is 6.52. The number of fused-ring (bicyclic) bond motifs is 3. The molecular formula is C8H4N3O3S2-. The molecule has 0 spiro atoms. The second-order valence-corrected chi connectivity index (χ2v) is 5.41. The van der Waals surface area contributed by atoms with E-state index < -0.39 is 15.3 Å². The lowest BCUT2D eigenvalue weighted by Crippen LogP contribution is -2.04. The molecule has 8 heteroatoms. The largest absolute Gasteiger partial charge is 0.742 e. The molecule has 0 atom stereocenters. The maximum absolute atomic E-state index is 11.0. The van der Waals surface area contributed by atoms with E-state index in [1.807, 2.05) is 12.1 Å². The van der Waals surface area contributed by atoms with Crippen molar-refractivity contribution >= 4 is 36.6 Å². The first-order valence-corrected chi connectivity index (χ1v) is 6.48. The van der Waals surface area contributed by atoms with Crippen LogP contribution in [0.25, 0.3) is 15.2 Å². The number of hydrogen-bond donors (Lipinski definition) is 0. The molecular weight excluding hydrogens is 250 g/mol. The van der Waals surface area contributed by atoms with Gasteiger partial charge in [-0.25, -0.2) is 8.42 Å². The Balaban J connectivity index is 2.58. The summed E-state index contributed by atoms with van der Waals surface area (Å²) in [5.41, 5.74) is 0.627. The van der Waals surface area contributed by atoms with Gasteiger partial charge in [-0.3, -0.25) is 4.40 Å². The van der Waals surface area contributed by atoms with Crippen LogP contribution in [-0.2, 0) is 10.1 Å². The number of para-hydroxylation sites is 1. The number of nitrogens with zero attached hydrogens (tertiary/aromatic N) is 3. The SMILES string of the molecule is O=S(=O)([O-])c1nnc2sc3ccccc3n12. The van der Waals surface area contributed by atoms with Gasteiger partial charge in [0.15, 0.2) is 10.1 Å². The van der Waals surface area contributed by atoms with Crippen molar-refractivity contribution in [2.45, 2.75) is 5.16 Å². The molecule has 0 fully saturated rings. The Hall–Kier alpha value is -1.51. The normalized spacial score (nSPS) is 12.6. The average molecular weight is 254 g/mol. The van der Waals surface area contributed by atoms with Crippen LogP contribution in [0.5, 0.6) is 0 Å². The molecule has 6 nitrogen and oxygen atoms in total. The molecule has 0 saturated heterocycles. The fraction of sp³-hybridized carbons (Fsp3) is 0. The van der Waals surface area contributed by atoms with E-state index >= 15 is 0 Å². The second-order valence-electron chi connectivity index (χ2n) is 3.12. The third-order valence-corrected chi connectivity index (χ3v) is 3.86. The Morgan fingerprint density at radius 3 is 2.75 bits per heavy atom. The van der Waals surface area contributed by atoms with Gasteiger partial charge in [0.05, 0.1) is 10.2 Å². The number of aromatic nitrogens is 3. The van der Waals surface area contributed by atoms with Crippen LogP contribution < -0.4 is 0 Å². The molecule has 16 heavy (non-hydrogen) atoms. The highest BCUT2D eigenvalue weighted by Crippen LogP contribution is 2.26. The van der Waals surface area contributed by atoms with Gasteiger partial charge in [-0.1, -0.05) is 23.5 Å². The Morgan fingerprint density at radius 1 is 1.25 bits per heavy atom. The molecule has 0 bridgehead atoms. The van der Waals surface area contributed by atoms with Crippen LogP contribution in [0, 0.1) is 0 Å². The summed E-state index contributed by atoms with van der Waals surface area (Å²) in [7, 11) is -4.60. The molecule has 1 aromatic carbocycles. The summed E-state index contributed by atoms with van der Waals surface area (Å²) in [6, 6.07) is 7.14. The third kappa shape index (κ3) is 1.24. The molecule has 0 aliphatic rings. The molecule has 3 rings (SSSR count). The maximum atomic E-state index is 11.0. The van der Waals surface area contributed by atoms with E-state index in [0.29, 0.717) is 10.5 Å². The minimum Gasteiger partial charge on any atom is -0.742 e. The van der Waals surface area contributed by atoms with Gasteiger partial charge in [-0.15, -0.1) is 10.2 Å². The van der Waals surface area contributed by atoms with Gasteiger partial charge in [0.2, 0.25) is 10.1 Å². The van der Waals surface area contributed by atoms with Gasteiger partial charge >= 0.3 is 0 Å². The first kappa shape index (κ1) is 9.70. The minimum absolute atomic E-state index is 0.399. The monoisotopic (exact) mass is 254 g/mol. The van der Waals surface area contributed by atoms with Gasteiger partial charge in [0.25, 0.3) is 0 Å². The van der Waals surface area contributed by atoms with Crippen molar-refractivity contribution in [3.63, 3.8) is 0 Å². The maximum Gasteiger partial charge on any atom is 0.242 e. The fourth-order valence-corrected chi connectivity index (χ4v) is 3.09. The van der Waals surface area contributed by atoms with Crippen LogP contribution in [0.1, 0.15) is 0 Å². The zero-order valence-electron chi connectivity index (χ0n) is 7.69. The van der Waals surface area contributed by atoms with E-state index in [0.717, 1.165) is 4.70 Å². The van der Waals surface area contributed by atoms with Crippen molar-refractivity contribution in [2.75, 3.05) is 0 Å². The third-order valence-electron chi connectivity index (χ3n) is 2.13. The highest BCUT2D eigenvalue weighted by molar-refractivity contribution is 7.85. The van der Waals surface area contributed by atoms with Crippen LogP contribution in [0.4, 0.5) is 0 Å². The Bertz CT molecular complexity index is 787. The summed E-state index contributed by atoms with van der Waals surface area (Å²) in [4.78, 5) is 0.399. The summed E-state index contributed by atoms with van der Waals surface area (Å²) >= 11 is 1.28. The van der Waals surface area contributed by atoms with Crippen molar-refractivity contribution in [3.8, 4) is 0 Å². The van der Waals surface area contributed by atoms with Crippen LogP contribution in [0.15, 0.2) is 29.4 Å². The highest BCUT2D eigenvalue weighted by atomic mass is 32.2. The van der Waals surface area contributed by atoms with Crippen LogP contribution in [0.2, 0.25) is 0 Å². The average Bonchev–Trinajstić information content (AvgIpc) is 2.73. The predicted octanol–water partition coefficient (Wildman–Crippen LogP) is 0.848. The van der Waals surface area contributed by atoms with Gasteiger partial charge in [-0.2, -0.15) is 0 Å². The summed E-state index contributed by atoms with van der Waals surface area (Å²) in [6.07, 6.45) is 0. The Labute approximate surface area is 93.9 Å². The first-order valence-electron chi connectivity index (χ1n) is 4.26. The number of rotatable bonds is 1. The number of benzene rings is 1. The van der Waals surface area contributed by atoms with Crippen LogP contribution in [-0.4, -0.2) is 27.6 Å². The van der Waals surface area contributed by atoms with Crippen LogP contribution >= 0.6 is 11.3 Å².